The minimum Gasteiger partial charge on any atom is -0.393 e. The van der Waals surface area contributed by atoms with Crippen molar-refractivity contribution < 1.29 is 4.74 Å². The molecule has 1 aliphatic rings. The van der Waals surface area contributed by atoms with Crippen molar-refractivity contribution in [2.45, 2.75) is 32.4 Å². The second-order valence-electron chi connectivity index (χ2n) is 5.06. The summed E-state index contributed by atoms with van der Waals surface area (Å²) in [6.07, 6.45) is 1.09. The van der Waals surface area contributed by atoms with Crippen LogP contribution in [-0.2, 0) is 4.74 Å². The number of likely N-dealkylation sites (N-methyl/N-ethyl adjacent to an activating group) is 1. The monoisotopic (exact) mass is 259 g/mol. The third-order valence-corrected chi connectivity index (χ3v) is 3.36. The van der Waals surface area contributed by atoms with E-state index in [4.69, 9.17) is 22.7 Å². The molecule has 0 aliphatic carbocycles. The van der Waals surface area contributed by atoms with E-state index in [0.29, 0.717) is 17.1 Å². The summed E-state index contributed by atoms with van der Waals surface area (Å²) in [6.45, 7) is 9.24. The van der Waals surface area contributed by atoms with Gasteiger partial charge in [0.2, 0.25) is 0 Å². The van der Waals surface area contributed by atoms with Crippen LogP contribution in [0.5, 0.6) is 0 Å². The Bertz CT molecular complexity index is 248. The molecule has 1 atom stereocenters. The van der Waals surface area contributed by atoms with Gasteiger partial charge >= 0.3 is 0 Å². The van der Waals surface area contributed by atoms with Gasteiger partial charge in [0.25, 0.3) is 0 Å². The van der Waals surface area contributed by atoms with Crippen LogP contribution in [0.1, 0.15) is 20.3 Å². The van der Waals surface area contributed by atoms with Crippen molar-refractivity contribution in [3.8, 4) is 0 Å². The summed E-state index contributed by atoms with van der Waals surface area (Å²) < 4.78 is 5.79. The molecule has 17 heavy (non-hydrogen) atoms. The number of rotatable bonds is 6. The SMILES string of the molecule is CC(C)N1CCOC(CN(C)CCC(N)=S)C1. The summed E-state index contributed by atoms with van der Waals surface area (Å²) in [7, 11) is 2.09. The van der Waals surface area contributed by atoms with Gasteiger partial charge in [0.1, 0.15) is 0 Å². The normalized spacial score (nSPS) is 22.3. The number of nitrogens with zero attached hydrogens (tertiary/aromatic N) is 2. The third-order valence-electron chi connectivity index (χ3n) is 3.16. The van der Waals surface area contributed by atoms with Gasteiger partial charge < -0.3 is 15.4 Å². The van der Waals surface area contributed by atoms with Crippen molar-refractivity contribution in [3.63, 3.8) is 0 Å². The van der Waals surface area contributed by atoms with E-state index in [1.165, 1.54) is 0 Å². The predicted molar refractivity (Wildman–Crippen MR) is 75.3 cm³/mol. The Balaban J connectivity index is 2.28. The Hall–Kier alpha value is -0.230. The molecule has 4 nitrogen and oxygen atoms in total. The van der Waals surface area contributed by atoms with Crippen LogP contribution < -0.4 is 5.73 Å². The van der Waals surface area contributed by atoms with Crippen molar-refractivity contribution in [2.24, 2.45) is 5.73 Å². The van der Waals surface area contributed by atoms with Crippen molar-refractivity contribution in [1.82, 2.24) is 9.80 Å². The fourth-order valence-corrected chi connectivity index (χ4v) is 2.15. The maximum Gasteiger partial charge on any atom is 0.0829 e. The predicted octanol–water partition coefficient (Wildman–Crippen LogP) is 0.704. The highest BCUT2D eigenvalue weighted by Crippen LogP contribution is 2.09. The zero-order valence-electron chi connectivity index (χ0n) is 11.2. The average Bonchev–Trinajstić information content (AvgIpc) is 2.26. The lowest BCUT2D eigenvalue weighted by atomic mass is 10.2. The smallest absolute Gasteiger partial charge is 0.0829 e. The summed E-state index contributed by atoms with van der Waals surface area (Å²) in [4.78, 5) is 5.30. The summed E-state index contributed by atoms with van der Waals surface area (Å²) in [5.74, 6) is 0. The van der Waals surface area contributed by atoms with E-state index in [2.05, 4.69) is 30.7 Å². The van der Waals surface area contributed by atoms with Crippen LogP contribution in [0.2, 0.25) is 0 Å². The highest BCUT2D eigenvalue weighted by Gasteiger charge is 2.22. The lowest BCUT2D eigenvalue weighted by Crippen LogP contribution is -2.49. The van der Waals surface area contributed by atoms with Crippen molar-refractivity contribution in [2.75, 3.05) is 39.8 Å². The molecule has 1 saturated heterocycles. The molecule has 0 aromatic carbocycles. The quantitative estimate of drug-likeness (QED) is 0.711. The lowest BCUT2D eigenvalue weighted by Gasteiger charge is -2.37. The Morgan fingerprint density at radius 1 is 1.59 bits per heavy atom. The van der Waals surface area contributed by atoms with Gasteiger partial charge in [-0.3, -0.25) is 4.90 Å². The zero-order chi connectivity index (χ0) is 12.8. The number of morpholine rings is 1. The van der Waals surface area contributed by atoms with E-state index < -0.39 is 0 Å². The number of ether oxygens (including phenoxy) is 1. The first kappa shape index (κ1) is 14.8. The third kappa shape index (κ3) is 5.77. The van der Waals surface area contributed by atoms with Gasteiger partial charge in [-0.2, -0.15) is 0 Å². The number of hydrogen-bond acceptors (Lipinski definition) is 4. The molecule has 1 unspecified atom stereocenters. The van der Waals surface area contributed by atoms with E-state index in [1.54, 1.807) is 0 Å². The maximum absolute atomic E-state index is 5.79. The molecular weight excluding hydrogens is 234 g/mol. The number of nitrogens with two attached hydrogens (primary N) is 1. The van der Waals surface area contributed by atoms with E-state index in [-0.39, 0.29) is 0 Å². The van der Waals surface area contributed by atoms with E-state index in [9.17, 15) is 0 Å². The highest BCUT2D eigenvalue weighted by molar-refractivity contribution is 7.80. The fraction of sp³-hybridized carbons (Fsp3) is 0.917. The Kier molecular flexibility index (Phi) is 6.33. The first-order valence-electron chi connectivity index (χ1n) is 6.31. The molecule has 1 aliphatic heterocycles. The van der Waals surface area contributed by atoms with Gasteiger partial charge in [-0.1, -0.05) is 12.2 Å². The largest absolute Gasteiger partial charge is 0.393 e. The summed E-state index contributed by atoms with van der Waals surface area (Å²) in [6, 6.07) is 0.600. The molecule has 0 saturated carbocycles. The second-order valence-corrected chi connectivity index (χ2v) is 5.58. The molecule has 1 heterocycles. The molecule has 0 spiro atoms. The molecular formula is C12H25N3OS. The van der Waals surface area contributed by atoms with Gasteiger partial charge in [-0.15, -0.1) is 0 Å². The minimum atomic E-state index is 0.308. The minimum absolute atomic E-state index is 0.308. The van der Waals surface area contributed by atoms with E-state index >= 15 is 0 Å². The summed E-state index contributed by atoms with van der Waals surface area (Å²) in [5, 5.41) is 0. The second kappa shape index (κ2) is 7.26. The molecule has 0 radical (unpaired) electrons. The molecule has 0 bridgehead atoms. The number of hydrogen-bond donors (Lipinski definition) is 1. The zero-order valence-corrected chi connectivity index (χ0v) is 12.0. The molecule has 2 N–H and O–H groups in total. The van der Waals surface area contributed by atoms with Crippen LogP contribution >= 0.6 is 12.2 Å². The van der Waals surface area contributed by atoms with Gasteiger partial charge in [-0.25, -0.2) is 0 Å². The first-order valence-corrected chi connectivity index (χ1v) is 6.72. The molecule has 100 valence electrons. The van der Waals surface area contributed by atoms with Crippen LogP contribution in [-0.4, -0.2) is 66.8 Å². The molecule has 1 fully saturated rings. The topological polar surface area (TPSA) is 41.7 Å². The Morgan fingerprint density at radius 2 is 2.29 bits per heavy atom. The molecule has 0 aromatic heterocycles. The van der Waals surface area contributed by atoms with Crippen molar-refractivity contribution >= 4 is 17.2 Å². The van der Waals surface area contributed by atoms with Crippen molar-refractivity contribution in [1.29, 1.82) is 0 Å². The average molecular weight is 259 g/mol. The molecule has 5 heteroatoms. The van der Waals surface area contributed by atoms with Gasteiger partial charge in [0, 0.05) is 38.6 Å². The summed E-state index contributed by atoms with van der Waals surface area (Å²) in [5.41, 5.74) is 5.50. The van der Waals surface area contributed by atoms with E-state index in [0.717, 1.165) is 39.2 Å². The standard InChI is InChI=1S/C12H25N3OS/c1-10(2)15-6-7-16-11(9-15)8-14(3)5-4-12(13)17/h10-11H,4-9H2,1-3H3,(H2,13,17). The maximum atomic E-state index is 5.79. The summed E-state index contributed by atoms with van der Waals surface area (Å²) >= 11 is 4.88. The number of thiocarbonyl (C=S) groups is 1. The van der Waals surface area contributed by atoms with Crippen LogP contribution in [0, 0.1) is 0 Å². The van der Waals surface area contributed by atoms with E-state index in [1.807, 2.05) is 0 Å². The fourth-order valence-electron chi connectivity index (χ4n) is 2.06. The molecule has 0 amide bonds. The lowest BCUT2D eigenvalue weighted by molar-refractivity contribution is -0.0492. The Labute approximate surface area is 110 Å². The van der Waals surface area contributed by atoms with Gasteiger partial charge in [0.15, 0.2) is 0 Å². The molecule has 0 aromatic rings. The molecule has 1 rings (SSSR count). The van der Waals surface area contributed by atoms with Crippen LogP contribution in [0.3, 0.4) is 0 Å². The highest BCUT2D eigenvalue weighted by atomic mass is 32.1. The van der Waals surface area contributed by atoms with Crippen molar-refractivity contribution in [3.05, 3.63) is 0 Å². The van der Waals surface area contributed by atoms with Crippen LogP contribution in [0.4, 0.5) is 0 Å². The van der Waals surface area contributed by atoms with Gasteiger partial charge in [-0.05, 0) is 20.9 Å². The first-order chi connectivity index (χ1) is 7.99. The van der Waals surface area contributed by atoms with Gasteiger partial charge in [0.05, 0.1) is 17.7 Å². The van der Waals surface area contributed by atoms with Crippen LogP contribution in [0.15, 0.2) is 0 Å². The van der Waals surface area contributed by atoms with Crippen LogP contribution in [0.25, 0.3) is 0 Å². The Morgan fingerprint density at radius 3 is 2.88 bits per heavy atom.